The minimum Gasteiger partial charge on any atom is -0.469 e. The summed E-state index contributed by atoms with van der Waals surface area (Å²) in [6, 6.07) is 4.28. The molecule has 4 rings (SSSR count). The zero-order chi connectivity index (χ0) is 19.5. The van der Waals surface area contributed by atoms with E-state index in [0.717, 1.165) is 27.4 Å². The largest absolute Gasteiger partial charge is 0.469 e. The average Bonchev–Trinajstić information content (AvgIpc) is 3.36. The zero-order valence-corrected chi connectivity index (χ0v) is 17.2. The molecule has 0 radical (unpaired) electrons. The molecule has 0 spiro atoms. The number of rotatable bonds is 6. The van der Waals surface area contributed by atoms with Crippen molar-refractivity contribution in [2.24, 2.45) is 0 Å². The third-order valence-corrected chi connectivity index (χ3v) is 6.81. The molecule has 1 fully saturated rings. The molecule has 0 aromatic carbocycles. The number of fused-ring (bicyclic) bond motifs is 1. The quantitative estimate of drug-likeness (QED) is 0.669. The number of carbonyl (C=O) groups excluding carboxylic acids is 1. The summed E-state index contributed by atoms with van der Waals surface area (Å²) in [4.78, 5) is 25.7. The Bertz CT molecular complexity index is 945. The molecule has 1 saturated carbocycles. The molecule has 148 valence electrons. The molecule has 3 aromatic heterocycles. The molecule has 1 amide bonds. The van der Waals surface area contributed by atoms with Crippen LogP contribution in [0.15, 0.2) is 29.1 Å². The van der Waals surface area contributed by atoms with Gasteiger partial charge in [-0.2, -0.15) is 0 Å². The lowest BCUT2D eigenvalue weighted by Crippen LogP contribution is -2.34. The number of thiophene rings is 1. The Kier molecular flexibility index (Phi) is 5.62. The summed E-state index contributed by atoms with van der Waals surface area (Å²) in [6.45, 7) is 2.54. The Morgan fingerprint density at radius 3 is 2.89 bits per heavy atom. The van der Waals surface area contributed by atoms with Gasteiger partial charge in [-0.3, -0.25) is 4.79 Å². The van der Waals surface area contributed by atoms with Gasteiger partial charge in [-0.25, -0.2) is 9.97 Å². The summed E-state index contributed by atoms with van der Waals surface area (Å²) in [5.74, 6) is 1.76. The van der Waals surface area contributed by atoms with E-state index in [1.165, 1.54) is 43.4 Å². The van der Waals surface area contributed by atoms with Crippen molar-refractivity contribution >= 4 is 33.3 Å². The monoisotopic (exact) mass is 398 g/mol. The highest BCUT2D eigenvalue weighted by Gasteiger charge is 2.24. The van der Waals surface area contributed by atoms with Gasteiger partial charge in [-0.05, 0) is 37.5 Å². The Morgan fingerprint density at radius 1 is 1.32 bits per heavy atom. The first-order valence-corrected chi connectivity index (χ1v) is 10.7. The Labute approximate surface area is 169 Å². The number of nitrogens with zero attached hydrogens (tertiary/aromatic N) is 3. The van der Waals surface area contributed by atoms with E-state index < -0.39 is 0 Å². The number of carbonyl (C=O) groups is 1. The van der Waals surface area contributed by atoms with Crippen molar-refractivity contribution in [2.75, 3.05) is 18.5 Å². The fourth-order valence-corrected chi connectivity index (χ4v) is 5.07. The first kappa shape index (κ1) is 18.9. The number of hydrogen-bond donors (Lipinski definition) is 1. The number of aryl methyl sites for hydroxylation is 1. The van der Waals surface area contributed by atoms with Crippen LogP contribution in [0.3, 0.4) is 0 Å². The van der Waals surface area contributed by atoms with Crippen molar-refractivity contribution < 1.29 is 9.21 Å². The van der Waals surface area contributed by atoms with Crippen molar-refractivity contribution in [1.82, 2.24) is 15.3 Å². The molecule has 7 heteroatoms. The van der Waals surface area contributed by atoms with Crippen LogP contribution in [0.1, 0.15) is 53.1 Å². The van der Waals surface area contributed by atoms with E-state index in [4.69, 9.17) is 4.42 Å². The highest BCUT2D eigenvalue weighted by Crippen LogP contribution is 2.36. The molecular weight excluding hydrogens is 372 g/mol. The minimum absolute atomic E-state index is 0.0571. The highest BCUT2D eigenvalue weighted by molar-refractivity contribution is 7.20. The third-order valence-electron chi connectivity index (χ3n) is 5.61. The number of hydrogen-bond acceptors (Lipinski definition) is 6. The van der Waals surface area contributed by atoms with Crippen LogP contribution in [-0.4, -0.2) is 35.5 Å². The fraction of sp³-hybridized carbons (Fsp3) is 0.476. The zero-order valence-electron chi connectivity index (χ0n) is 16.4. The summed E-state index contributed by atoms with van der Waals surface area (Å²) in [7, 11) is 2.12. The Balaban J connectivity index is 1.55. The maximum atomic E-state index is 12.8. The van der Waals surface area contributed by atoms with Crippen molar-refractivity contribution in [3.8, 4) is 0 Å². The number of amides is 1. The molecule has 3 aromatic rings. The molecule has 1 N–H and O–H groups in total. The second-order valence-corrected chi connectivity index (χ2v) is 8.42. The molecule has 0 atom stereocenters. The average molecular weight is 399 g/mol. The predicted molar refractivity (Wildman–Crippen MR) is 112 cm³/mol. The van der Waals surface area contributed by atoms with Crippen LogP contribution >= 0.6 is 11.3 Å². The number of anilines is 1. The maximum absolute atomic E-state index is 12.8. The first-order valence-electron chi connectivity index (χ1n) is 9.92. The van der Waals surface area contributed by atoms with Gasteiger partial charge < -0.3 is 14.6 Å². The van der Waals surface area contributed by atoms with Crippen molar-refractivity contribution in [3.05, 3.63) is 40.9 Å². The summed E-state index contributed by atoms with van der Waals surface area (Å²) in [6.07, 6.45) is 10.2. The van der Waals surface area contributed by atoms with Crippen LogP contribution in [0.5, 0.6) is 0 Å². The normalized spacial score (nSPS) is 15.1. The SMILES string of the molecule is Cc1c(C(=O)NCCc2ccco2)sc2ncnc(N(C)C3CCCCC3)c12. The second kappa shape index (κ2) is 8.31. The topological polar surface area (TPSA) is 71.3 Å². The van der Waals surface area contributed by atoms with Gasteiger partial charge in [0, 0.05) is 26.1 Å². The lowest BCUT2D eigenvalue weighted by atomic mass is 9.94. The van der Waals surface area contributed by atoms with Crippen LogP contribution in [0.25, 0.3) is 10.2 Å². The number of nitrogens with one attached hydrogen (secondary N) is 1. The molecular formula is C21H26N4O2S. The standard InChI is InChI=1S/C21H26N4O2S/c1-14-17-19(25(2)15-7-4-3-5-8-15)23-13-24-21(17)28-18(14)20(26)22-11-10-16-9-6-12-27-16/h6,9,12-13,15H,3-5,7-8,10-11H2,1-2H3,(H,22,26). The Morgan fingerprint density at radius 2 is 2.14 bits per heavy atom. The Hall–Kier alpha value is -2.41. The molecule has 3 heterocycles. The van der Waals surface area contributed by atoms with Gasteiger partial charge in [0.05, 0.1) is 16.5 Å². The van der Waals surface area contributed by atoms with Gasteiger partial charge in [0.25, 0.3) is 5.91 Å². The van der Waals surface area contributed by atoms with Gasteiger partial charge in [0.1, 0.15) is 22.7 Å². The molecule has 0 bridgehead atoms. The maximum Gasteiger partial charge on any atom is 0.261 e. The lowest BCUT2D eigenvalue weighted by Gasteiger charge is -2.32. The van der Waals surface area contributed by atoms with Crippen molar-refractivity contribution in [1.29, 1.82) is 0 Å². The van der Waals surface area contributed by atoms with E-state index in [1.807, 2.05) is 19.1 Å². The molecule has 0 saturated heterocycles. The summed E-state index contributed by atoms with van der Waals surface area (Å²) in [5, 5.41) is 4.01. The van der Waals surface area contributed by atoms with Crippen molar-refractivity contribution in [2.45, 2.75) is 51.5 Å². The molecule has 1 aliphatic rings. The number of aromatic nitrogens is 2. The molecule has 0 unspecified atom stereocenters. The number of furan rings is 1. The van der Waals surface area contributed by atoms with E-state index in [9.17, 15) is 4.79 Å². The fourth-order valence-electron chi connectivity index (χ4n) is 4.01. The van der Waals surface area contributed by atoms with E-state index in [2.05, 4.69) is 27.2 Å². The molecule has 6 nitrogen and oxygen atoms in total. The van der Waals surface area contributed by atoms with Crippen LogP contribution in [0, 0.1) is 6.92 Å². The van der Waals surface area contributed by atoms with Crippen LogP contribution < -0.4 is 10.2 Å². The molecule has 28 heavy (non-hydrogen) atoms. The van der Waals surface area contributed by atoms with E-state index >= 15 is 0 Å². The second-order valence-electron chi connectivity index (χ2n) is 7.42. The lowest BCUT2D eigenvalue weighted by molar-refractivity contribution is 0.0957. The first-order chi connectivity index (χ1) is 13.6. The van der Waals surface area contributed by atoms with Gasteiger partial charge in [-0.1, -0.05) is 19.3 Å². The van der Waals surface area contributed by atoms with E-state index in [0.29, 0.717) is 23.9 Å². The molecule has 0 aliphatic heterocycles. The van der Waals surface area contributed by atoms with Gasteiger partial charge in [-0.15, -0.1) is 11.3 Å². The van der Waals surface area contributed by atoms with Crippen molar-refractivity contribution in [3.63, 3.8) is 0 Å². The van der Waals surface area contributed by atoms with Crippen LogP contribution in [0.4, 0.5) is 5.82 Å². The van der Waals surface area contributed by atoms with Gasteiger partial charge in [0.15, 0.2) is 0 Å². The van der Waals surface area contributed by atoms with E-state index in [1.54, 1.807) is 12.6 Å². The minimum atomic E-state index is -0.0571. The predicted octanol–water partition coefficient (Wildman–Crippen LogP) is 4.33. The van der Waals surface area contributed by atoms with Gasteiger partial charge in [0.2, 0.25) is 0 Å². The highest BCUT2D eigenvalue weighted by atomic mass is 32.1. The van der Waals surface area contributed by atoms with Crippen LogP contribution in [-0.2, 0) is 6.42 Å². The van der Waals surface area contributed by atoms with E-state index in [-0.39, 0.29) is 5.91 Å². The van der Waals surface area contributed by atoms with Gasteiger partial charge >= 0.3 is 0 Å². The smallest absolute Gasteiger partial charge is 0.261 e. The molecule has 1 aliphatic carbocycles. The summed E-state index contributed by atoms with van der Waals surface area (Å²) < 4.78 is 5.32. The van der Waals surface area contributed by atoms with Crippen LogP contribution in [0.2, 0.25) is 0 Å². The summed E-state index contributed by atoms with van der Waals surface area (Å²) >= 11 is 1.44. The third kappa shape index (κ3) is 3.76. The summed E-state index contributed by atoms with van der Waals surface area (Å²) in [5.41, 5.74) is 0.966.